The third-order valence-electron chi connectivity index (χ3n) is 2.75. The normalized spacial score (nSPS) is 32.5. The van der Waals surface area contributed by atoms with E-state index < -0.39 is 0 Å². The summed E-state index contributed by atoms with van der Waals surface area (Å²) in [6.07, 6.45) is 1.03. The summed E-state index contributed by atoms with van der Waals surface area (Å²) < 4.78 is 0. The molecule has 0 bridgehead atoms. The minimum absolute atomic E-state index is 0.165. The molecule has 0 radical (unpaired) electrons. The highest BCUT2D eigenvalue weighted by molar-refractivity contribution is 5.36. The summed E-state index contributed by atoms with van der Waals surface area (Å²) in [5, 5.41) is 0. The molecule has 1 aromatic carbocycles. The fourth-order valence-electron chi connectivity index (χ4n) is 1.76. The molecule has 2 unspecified atom stereocenters. The average Bonchev–Trinajstić information content (AvgIpc) is 2.80. The van der Waals surface area contributed by atoms with Crippen LogP contribution in [0.4, 0.5) is 0 Å². The highest BCUT2D eigenvalue weighted by Crippen LogP contribution is 2.55. The first-order chi connectivity index (χ1) is 5.79. The van der Waals surface area contributed by atoms with Gasteiger partial charge in [0.15, 0.2) is 0 Å². The molecule has 0 amide bonds. The van der Waals surface area contributed by atoms with Gasteiger partial charge >= 0.3 is 0 Å². The van der Waals surface area contributed by atoms with Crippen LogP contribution in [0.15, 0.2) is 30.3 Å². The molecule has 0 N–H and O–H groups in total. The summed E-state index contributed by atoms with van der Waals surface area (Å²) in [6.45, 7) is 9.30. The first-order valence-corrected chi connectivity index (χ1v) is 4.24. The Labute approximate surface area is 72.9 Å². The topological polar surface area (TPSA) is 4.36 Å². The predicted octanol–water partition coefficient (Wildman–Crippen LogP) is 2.84. The van der Waals surface area contributed by atoms with Gasteiger partial charge in [0.1, 0.15) is 0 Å². The van der Waals surface area contributed by atoms with Crippen LogP contribution < -0.4 is 0 Å². The van der Waals surface area contributed by atoms with Gasteiger partial charge in [-0.15, -0.1) is 0 Å². The van der Waals surface area contributed by atoms with Gasteiger partial charge in [-0.2, -0.15) is 0 Å². The Kier molecular flexibility index (Phi) is 1.44. The summed E-state index contributed by atoms with van der Waals surface area (Å²) >= 11 is 0. The molecule has 0 heterocycles. The standard InChI is InChI=1S/C11H11N/c1-9-8-11(9,12-2)10-6-4-3-5-7-10/h3-7,9H,8H2,1H3. The van der Waals surface area contributed by atoms with Crippen molar-refractivity contribution in [1.29, 1.82) is 0 Å². The SMILES string of the molecule is [C-]#[N+]C1(c2ccccc2)CC1C. The van der Waals surface area contributed by atoms with Crippen molar-refractivity contribution in [2.45, 2.75) is 18.9 Å². The second kappa shape index (κ2) is 2.35. The van der Waals surface area contributed by atoms with Crippen LogP contribution in [0.3, 0.4) is 0 Å². The van der Waals surface area contributed by atoms with Crippen LogP contribution in [-0.2, 0) is 5.54 Å². The zero-order chi connectivity index (χ0) is 8.60. The Bertz CT molecular complexity index is 323. The lowest BCUT2D eigenvalue weighted by molar-refractivity contribution is 0.773. The van der Waals surface area contributed by atoms with Crippen molar-refractivity contribution in [3.05, 3.63) is 47.3 Å². The van der Waals surface area contributed by atoms with Gasteiger partial charge in [-0.25, -0.2) is 6.57 Å². The summed E-state index contributed by atoms with van der Waals surface area (Å²) in [6, 6.07) is 10.1. The lowest BCUT2D eigenvalue weighted by atomic mass is 10.0. The maximum Gasteiger partial charge on any atom is 0.260 e. The second-order valence-corrected chi connectivity index (χ2v) is 3.51. The Morgan fingerprint density at radius 3 is 2.42 bits per heavy atom. The van der Waals surface area contributed by atoms with Crippen LogP contribution in [0.1, 0.15) is 18.9 Å². The molecule has 2 atom stereocenters. The molecule has 1 aromatic rings. The minimum Gasteiger partial charge on any atom is -0.305 e. The van der Waals surface area contributed by atoms with Gasteiger partial charge in [-0.1, -0.05) is 37.3 Å². The fourth-order valence-corrected chi connectivity index (χ4v) is 1.76. The van der Waals surface area contributed by atoms with E-state index in [1.165, 1.54) is 5.56 Å². The largest absolute Gasteiger partial charge is 0.305 e. The highest BCUT2D eigenvalue weighted by Gasteiger charge is 2.60. The van der Waals surface area contributed by atoms with E-state index in [4.69, 9.17) is 6.57 Å². The van der Waals surface area contributed by atoms with Gasteiger partial charge in [0.25, 0.3) is 5.54 Å². The van der Waals surface area contributed by atoms with Crippen molar-refractivity contribution < 1.29 is 0 Å². The summed E-state index contributed by atoms with van der Waals surface area (Å²) in [5.74, 6) is 0.539. The van der Waals surface area contributed by atoms with E-state index in [0.29, 0.717) is 5.92 Å². The van der Waals surface area contributed by atoms with Gasteiger partial charge in [0.05, 0.1) is 0 Å². The lowest BCUT2D eigenvalue weighted by Crippen LogP contribution is -2.01. The van der Waals surface area contributed by atoms with E-state index >= 15 is 0 Å². The number of benzene rings is 1. The highest BCUT2D eigenvalue weighted by atomic mass is 14.9. The van der Waals surface area contributed by atoms with Gasteiger partial charge in [-0.3, -0.25) is 0 Å². The molecule has 1 saturated carbocycles. The first kappa shape index (κ1) is 7.36. The van der Waals surface area contributed by atoms with Gasteiger partial charge < -0.3 is 4.85 Å². The molecule has 2 rings (SSSR count). The molecule has 1 nitrogen and oxygen atoms in total. The van der Waals surface area contributed by atoms with Crippen molar-refractivity contribution in [3.8, 4) is 0 Å². The van der Waals surface area contributed by atoms with Crippen LogP contribution in [0, 0.1) is 12.5 Å². The van der Waals surface area contributed by atoms with Crippen LogP contribution >= 0.6 is 0 Å². The number of hydrogen-bond acceptors (Lipinski definition) is 0. The minimum atomic E-state index is -0.165. The molecule has 0 spiro atoms. The van der Waals surface area contributed by atoms with Crippen LogP contribution in [-0.4, -0.2) is 0 Å². The summed E-state index contributed by atoms with van der Waals surface area (Å²) in [7, 11) is 0. The third-order valence-corrected chi connectivity index (χ3v) is 2.75. The second-order valence-electron chi connectivity index (χ2n) is 3.51. The third kappa shape index (κ3) is 0.848. The quantitative estimate of drug-likeness (QED) is 0.552. The Morgan fingerprint density at radius 1 is 1.42 bits per heavy atom. The summed E-state index contributed by atoms with van der Waals surface area (Å²) in [4.78, 5) is 3.73. The van der Waals surface area contributed by atoms with E-state index in [0.717, 1.165) is 6.42 Å². The molecule has 60 valence electrons. The van der Waals surface area contributed by atoms with Crippen LogP contribution in [0.25, 0.3) is 4.85 Å². The van der Waals surface area contributed by atoms with Gasteiger partial charge in [-0.05, 0) is 0 Å². The zero-order valence-electron chi connectivity index (χ0n) is 7.12. The van der Waals surface area contributed by atoms with Crippen molar-refractivity contribution >= 4 is 0 Å². The van der Waals surface area contributed by atoms with Crippen molar-refractivity contribution in [2.24, 2.45) is 5.92 Å². The monoisotopic (exact) mass is 157 g/mol. The molecular formula is C11H11N. The van der Waals surface area contributed by atoms with E-state index in [-0.39, 0.29) is 5.54 Å². The summed E-state index contributed by atoms with van der Waals surface area (Å²) in [5.41, 5.74) is 1.02. The fraction of sp³-hybridized carbons (Fsp3) is 0.364. The maximum absolute atomic E-state index is 7.16. The smallest absolute Gasteiger partial charge is 0.260 e. The lowest BCUT2D eigenvalue weighted by Gasteiger charge is -2.01. The van der Waals surface area contributed by atoms with Gasteiger partial charge in [0.2, 0.25) is 0 Å². The first-order valence-electron chi connectivity index (χ1n) is 4.24. The van der Waals surface area contributed by atoms with E-state index in [1.54, 1.807) is 0 Å². The van der Waals surface area contributed by atoms with Crippen molar-refractivity contribution in [1.82, 2.24) is 0 Å². The predicted molar refractivity (Wildman–Crippen MR) is 48.5 cm³/mol. The maximum atomic E-state index is 7.16. The van der Waals surface area contributed by atoms with Crippen LogP contribution in [0.5, 0.6) is 0 Å². The van der Waals surface area contributed by atoms with E-state index in [1.807, 2.05) is 18.2 Å². The zero-order valence-corrected chi connectivity index (χ0v) is 7.12. The Hall–Kier alpha value is -1.29. The van der Waals surface area contributed by atoms with E-state index in [9.17, 15) is 0 Å². The van der Waals surface area contributed by atoms with Crippen LogP contribution in [0.2, 0.25) is 0 Å². The molecule has 0 aliphatic heterocycles. The van der Waals surface area contributed by atoms with E-state index in [2.05, 4.69) is 23.9 Å². The molecule has 1 aliphatic rings. The number of nitrogens with zero attached hydrogens (tertiary/aromatic N) is 1. The van der Waals surface area contributed by atoms with Crippen molar-refractivity contribution in [3.63, 3.8) is 0 Å². The molecule has 1 fully saturated rings. The Balaban J connectivity index is 2.39. The van der Waals surface area contributed by atoms with Crippen molar-refractivity contribution in [2.75, 3.05) is 0 Å². The molecular weight excluding hydrogens is 146 g/mol. The molecule has 1 aliphatic carbocycles. The molecule has 1 heteroatoms. The number of hydrogen-bond donors (Lipinski definition) is 0. The average molecular weight is 157 g/mol. The Morgan fingerprint density at radius 2 is 2.00 bits per heavy atom. The van der Waals surface area contributed by atoms with Gasteiger partial charge in [0, 0.05) is 17.9 Å². The molecule has 0 aromatic heterocycles. The molecule has 12 heavy (non-hydrogen) atoms. The number of rotatable bonds is 1. The molecule has 0 saturated heterocycles.